The molecule has 0 heterocycles. The summed E-state index contributed by atoms with van der Waals surface area (Å²) in [5.41, 5.74) is 0.679. The summed E-state index contributed by atoms with van der Waals surface area (Å²) in [6.45, 7) is 1.87. The van der Waals surface area contributed by atoms with Crippen LogP contribution in [-0.2, 0) is 4.74 Å². The fourth-order valence-corrected chi connectivity index (χ4v) is 1.22. The minimum absolute atomic E-state index is 0.0434. The molecule has 0 amide bonds. The Morgan fingerprint density at radius 2 is 2.00 bits per heavy atom. The van der Waals surface area contributed by atoms with Gasteiger partial charge in [-0.2, -0.15) is 0 Å². The Balaban J connectivity index is 2.65. The average Bonchev–Trinajstić information content (AvgIpc) is 2.18. The molecule has 0 aromatic heterocycles. The van der Waals surface area contributed by atoms with Crippen LogP contribution < -0.4 is 0 Å². The third-order valence-corrected chi connectivity index (χ3v) is 2.29. The van der Waals surface area contributed by atoms with Crippen LogP contribution in [0.1, 0.15) is 23.7 Å². The molecule has 1 atom stereocenters. The van der Waals surface area contributed by atoms with Gasteiger partial charge in [-0.15, -0.1) is 0 Å². The van der Waals surface area contributed by atoms with Gasteiger partial charge in [-0.25, -0.2) is 0 Å². The Morgan fingerprint density at radius 1 is 1.43 bits per heavy atom. The molecule has 2 nitrogen and oxygen atoms in total. The summed E-state index contributed by atoms with van der Waals surface area (Å²) in [5.74, 6) is 0.0796. The van der Waals surface area contributed by atoms with E-state index in [1.807, 2.05) is 6.92 Å². The molecule has 0 aliphatic rings. The van der Waals surface area contributed by atoms with E-state index < -0.39 is 0 Å². The number of benzene rings is 1. The van der Waals surface area contributed by atoms with Crippen LogP contribution in [0.3, 0.4) is 0 Å². The largest absolute Gasteiger partial charge is 0.381 e. The molecular formula is C11H13ClO2. The highest BCUT2D eigenvalue weighted by molar-refractivity contribution is 6.30. The molecule has 1 aromatic carbocycles. The van der Waals surface area contributed by atoms with Crippen molar-refractivity contribution in [2.45, 2.75) is 19.4 Å². The van der Waals surface area contributed by atoms with Crippen molar-refractivity contribution in [2.75, 3.05) is 7.11 Å². The maximum Gasteiger partial charge on any atom is 0.165 e. The van der Waals surface area contributed by atoms with Gasteiger partial charge in [0.05, 0.1) is 6.10 Å². The van der Waals surface area contributed by atoms with E-state index >= 15 is 0 Å². The first-order valence-corrected chi connectivity index (χ1v) is 4.83. The van der Waals surface area contributed by atoms with Gasteiger partial charge in [-0.1, -0.05) is 11.6 Å². The molecule has 0 N–H and O–H groups in total. The number of halogens is 1. The number of carbonyl (C=O) groups is 1. The Kier molecular flexibility index (Phi) is 4.11. The fourth-order valence-electron chi connectivity index (χ4n) is 1.10. The molecule has 0 bridgehead atoms. The second kappa shape index (κ2) is 5.13. The molecule has 1 rings (SSSR count). The molecule has 0 saturated carbocycles. The minimum Gasteiger partial charge on any atom is -0.381 e. The lowest BCUT2D eigenvalue weighted by molar-refractivity contribution is 0.0792. The lowest BCUT2D eigenvalue weighted by atomic mass is 10.1. The molecule has 14 heavy (non-hydrogen) atoms. The van der Waals surface area contributed by atoms with Crippen LogP contribution in [0.15, 0.2) is 24.3 Å². The number of hydrogen-bond acceptors (Lipinski definition) is 2. The molecule has 0 spiro atoms. The molecular weight excluding hydrogens is 200 g/mol. The summed E-state index contributed by atoms with van der Waals surface area (Å²) >= 11 is 5.71. The van der Waals surface area contributed by atoms with Crippen molar-refractivity contribution in [3.63, 3.8) is 0 Å². The number of ether oxygens (including phenoxy) is 1. The smallest absolute Gasteiger partial charge is 0.165 e. The highest BCUT2D eigenvalue weighted by atomic mass is 35.5. The predicted molar refractivity (Wildman–Crippen MR) is 56.9 cm³/mol. The zero-order valence-corrected chi connectivity index (χ0v) is 9.04. The van der Waals surface area contributed by atoms with E-state index in [-0.39, 0.29) is 11.9 Å². The van der Waals surface area contributed by atoms with E-state index in [1.165, 1.54) is 0 Å². The molecule has 76 valence electrons. The molecule has 0 aliphatic carbocycles. The van der Waals surface area contributed by atoms with Gasteiger partial charge in [0.1, 0.15) is 0 Å². The zero-order valence-electron chi connectivity index (χ0n) is 8.29. The van der Waals surface area contributed by atoms with Gasteiger partial charge in [0.2, 0.25) is 0 Å². The second-order valence-electron chi connectivity index (χ2n) is 3.18. The molecule has 0 fully saturated rings. The van der Waals surface area contributed by atoms with Crippen LogP contribution in [0.2, 0.25) is 5.02 Å². The Hall–Kier alpha value is -0.860. The molecule has 1 unspecified atom stereocenters. The average molecular weight is 213 g/mol. The van der Waals surface area contributed by atoms with Crippen molar-refractivity contribution in [3.8, 4) is 0 Å². The van der Waals surface area contributed by atoms with Gasteiger partial charge in [-0.3, -0.25) is 4.79 Å². The predicted octanol–water partition coefficient (Wildman–Crippen LogP) is 2.95. The topological polar surface area (TPSA) is 26.3 Å². The minimum atomic E-state index is -0.0434. The molecule has 0 saturated heterocycles. The first kappa shape index (κ1) is 11.2. The second-order valence-corrected chi connectivity index (χ2v) is 3.62. The zero-order chi connectivity index (χ0) is 10.6. The Labute approximate surface area is 88.8 Å². The molecule has 3 heteroatoms. The maximum absolute atomic E-state index is 11.6. The van der Waals surface area contributed by atoms with Crippen molar-refractivity contribution in [1.82, 2.24) is 0 Å². The molecule has 0 aliphatic heterocycles. The number of rotatable bonds is 4. The van der Waals surface area contributed by atoms with Gasteiger partial charge in [0.15, 0.2) is 5.78 Å². The van der Waals surface area contributed by atoms with Crippen molar-refractivity contribution >= 4 is 17.4 Å². The van der Waals surface area contributed by atoms with Crippen LogP contribution in [0.5, 0.6) is 0 Å². The number of carbonyl (C=O) groups excluding carboxylic acids is 1. The molecule has 0 radical (unpaired) electrons. The number of methoxy groups -OCH3 is 1. The van der Waals surface area contributed by atoms with Crippen LogP contribution in [0.25, 0.3) is 0 Å². The van der Waals surface area contributed by atoms with Crippen molar-refractivity contribution in [2.24, 2.45) is 0 Å². The van der Waals surface area contributed by atoms with Crippen LogP contribution >= 0.6 is 11.6 Å². The summed E-state index contributed by atoms with van der Waals surface area (Å²) in [7, 11) is 1.60. The number of Topliss-reactive ketones (excluding diaryl/α,β-unsaturated/α-hetero) is 1. The third-order valence-electron chi connectivity index (χ3n) is 2.04. The van der Waals surface area contributed by atoms with Crippen molar-refractivity contribution in [1.29, 1.82) is 0 Å². The van der Waals surface area contributed by atoms with Gasteiger partial charge >= 0.3 is 0 Å². The first-order chi connectivity index (χ1) is 6.63. The normalized spacial score (nSPS) is 12.5. The first-order valence-electron chi connectivity index (χ1n) is 4.45. The lowest BCUT2D eigenvalue weighted by Crippen LogP contribution is -2.12. The quantitative estimate of drug-likeness (QED) is 0.718. The highest BCUT2D eigenvalue weighted by Crippen LogP contribution is 2.12. The van der Waals surface area contributed by atoms with E-state index in [4.69, 9.17) is 16.3 Å². The van der Waals surface area contributed by atoms with E-state index in [2.05, 4.69) is 0 Å². The van der Waals surface area contributed by atoms with Gasteiger partial charge in [0, 0.05) is 24.1 Å². The van der Waals surface area contributed by atoms with Crippen molar-refractivity contribution in [3.05, 3.63) is 34.9 Å². The summed E-state index contributed by atoms with van der Waals surface area (Å²) in [6, 6.07) is 6.89. The summed E-state index contributed by atoms with van der Waals surface area (Å²) < 4.78 is 5.02. The summed E-state index contributed by atoms with van der Waals surface area (Å²) in [6.07, 6.45) is 0.358. The van der Waals surface area contributed by atoms with Crippen LogP contribution in [0.4, 0.5) is 0 Å². The molecule has 1 aromatic rings. The highest BCUT2D eigenvalue weighted by Gasteiger charge is 2.09. The summed E-state index contributed by atoms with van der Waals surface area (Å²) in [4.78, 5) is 11.6. The van der Waals surface area contributed by atoms with E-state index in [0.717, 1.165) is 0 Å². The fraction of sp³-hybridized carbons (Fsp3) is 0.364. The van der Waals surface area contributed by atoms with Gasteiger partial charge in [0.25, 0.3) is 0 Å². The summed E-state index contributed by atoms with van der Waals surface area (Å²) in [5, 5.41) is 0.640. The Morgan fingerprint density at radius 3 is 2.50 bits per heavy atom. The Bertz CT molecular complexity index is 306. The standard InChI is InChI=1S/C11H13ClO2/c1-8(14-2)7-11(13)9-3-5-10(12)6-4-9/h3-6,8H,7H2,1-2H3. The van der Waals surface area contributed by atoms with E-state index in [0.29, 0.717) is 17.0 Å². The number of hydrogen-bond donors (Lipinski definition) is 0. The monoisotopic (exact) mass is 212 g/mol. The third kappa shape index (κ3) is 3.13. The van der Waals surface area contributed by atoms with E-state index in [9.17, 15) is 4.79 Å². The lowest BCUT2D eigenvalue weighted by Gasteiger charge is -2.07. The van der Waals surface area contributed by atoms with Gasteiger partial charge in [-0.05, 0) is 31.2 Å². The van der Waals surface area contributed by atoms with Gasteiger partial charge < -0.3 is 4.74 Å². The SMILES string of the molecule is COC(C)CC(=O)c1ccc(Cl)cc1. The maximum atomic E-state index is 11.6. The van der Waals surface area contributed by atoms with Crippen LogP contribution in [-0.4, -0.2) is 19.0 Å². The van der Waals surface area contributed by atoms with Crippen LogP contribution in [0, 0.1) is 0 Å². The number of ketones is 1. The van der Waals surface area contributed by atoms with E-state index in [1.54, 1.807) is 31.4 Å². The van der Waals surface area contributed by atoms with Crippen molar-refractivity contribution < 1.29 is 9.53 Å².